The number of nitrogens with one attached hydrogen (secondary N) is 2. The molecule has 0 saturated carbocycles. The summed E-state index contributed by atoms with van der Waals surface area (Å²) in [5.74, 6) is -0.0329. The predicted molar refractivity (Wildman–Crippen MR) is 113 cm³/mol. The second kappa shape index (κ2) is 5.92. The van der Waals surface area contributed by atoms with E-state index in [-0.39, 0.29) is 11.3 Å². The van der Waals surface area contributed by atoms with Crippen LogP contribution in [0.1, 0.15) is 27.0 Å². The SMILES string of the molecule is Cc1cccc(C)c1Nc1ccc2[nH]c(=O)cc3c2c1C(=O)c1ccccc1-3. The monoisotopic (exact) mass is 366 g/mol. The summed E-state index contributed by atoms with van der Waals surface area (Å²) in [6.07, 6.45) is 0. The van der Waals surface area contributed by atoms with E-state index in [4.69, 9.17) is 0 Å². The fourth-order valence-electron chi connectivity index (χ4n) is 4.11. The zero-order chi connectivity index (χ0) is 19.4. The quantitative estimate of drug-likeness (QED) is 0.457. The molecule has 0 aliphatic heterocycles. The Morgan fingerprint density at radius 3 is 2.25 bits per heavy atom. The molecule has 2 N–H and O–H groups in total. The normalized spacial score (nSPS) is 12.1. The fourth-order valence-corrected chi connectivity index (χ4v) is 4.11. The van der Waals surface area contributed by atoms with Crippen LogP contribution in [0, 0.1) is 13.8 Å². The highest BCUT2D eigenvalue weighted by molar-refractivity contribution is 6.28. The molecule has 0 bridgehead atoms. The van der Waals surface area contributed by atoms with Crippen LogP contribution in [0.2, 0.25) is 0 Å². The van der Waals surface area contributed by atoms with E-state index < -0.39 is 0 Å². The van der Waals surface area contributed by atoms with E-state index in [2.05, 4.69) is 10.3 Å². The Hall–Kier alpha value is -3.66. The Bertz CT molecular complexity index is 1330. The van der Waals surface area contributed by atoms with Gasteiger partial charge in [-0.1, -0.05) is 42.5 Å². The van der Waals surface area contributed by atoms with Crippen LogP contribution in [0.15, 0.2) is 65.5 Å². The van der Waals surface area contributed by atoms with Crippen molar-refractivity contribution in [2.75, 3.05) is 5.32 Å². The number of hydrogen-bond acceptors (Lipinski definition) is 3. The maximum atomic E-state index is 13.4. The number of hydrogen-bond donors (Lipinski definition) is 2. The number of para-hydroxylation sites is 1. The van der Waals surface area contributed by atoms with Crippen molar-refractivity contribution >= 4 is 28.1 Å². The summed E-state index contributed by atoms with van der Waals surface area (Å²) in [4.78, 5) is 28.5. The van der Waals surface area contributed by atoms with Crippen molar-refractivity contribution in [2.45, 2.75) is 13.8 Å². The summed E-state index contributed by atoms with van der Waals surface area (Å²) in [7, 11) is 0. The van der Waals surface area contributed by atoms with Crippen molar-refractivity contribution in [2.24, 2.45) is 0 Å². The third-order valence-corrected chi connectivity index (χ3v) is 5.44. The molecule has 4 aromatic rings. The molecule has 0 saturated heterocycles. The first-order valence-electron chi connectivity index (χ1n) is 9.22. The molecule has 4 nitrogen and oxygen atoms in total. The molecular weight excluding hydrogens is 348 g/mol. The number of benzene rings is 3. The summed E-state index contributed by atoms with van der Waals surface area (Å²) < 4.78 is 0. The van der Waals surface area contributed by atoms with E-state index in [9.17, 15) is 9.59 Å². The molecule has 28 heavy (non-hydrogen) atoms. The Labute approximate surface area is 161 Å². The summed E-state index contributed by atoms with van der Waals surface area (Å²) in [5, 5.41) is 4.27. The number of aromatic nitrogens is 1. The maximum absolute atomic E-state index is 13.4. The Kier molecular flexibility index (Phi) is 3.49. The molecule has 0 unspecified atom stereocenters. The molecule has 4 heteroatoms. The summed E-state index contributed by atoms with van der Waals surface area (Å²) >= 11 is 0. The van der Waals surface area contributed by atoms with Crippen LogP contribution in [0.5, 0.6) is 0 Å². The van der Waals surface area contributed by atoms with Crippen LogP contribution in [0.25, 0.3) is 22.0 Å². The molecule has 0 spiro atoms. The molecule has 5 rings (SSSR count). The second-order valence-corrected chi connectivity index (χ2v) is 7.22. The lowest BCUT2D eigenvalue weighted by Crippen LogP contribution is -2.16. The molecule has 0 atom stereocenters. The first kappa shape index (κ1) is 16.5. The lowest BCUT2D eigenvalue weighted by atomic mass is 9.83. The highest BCUT2D eigenvalue weighted by Crippen LogP contribution is 2.41. The van der Waals surface area contributed by atoms with Gasteiger partial charge in [-0.3, -0.25) is 9.59 Å². The van der Waals surface area contributed by atoms with Crippen LogP contribution in [-0.2, 0) is 0 Å². The van der Waals surface area contributed by atoms with Crippen molar-refractivity contribution in [3.05, 3.63) is 93.3 Å². The molecule has 1 aromatic heterocycles. The van der Waals surface area contributed by atoms with Crippen molar-refractivity contribution in [3.63, 3.8) is 0 Å². The lowest BCUT2D eigenvalue weighted by Gasteiger charge is -2.23. The van der Waals surface area contributed by atoms with Gasteiger partial charge >= 0.3 is 0 Å². The van der Waals surface area contributed by atoms with Crippen molar-refractivity contribution in [1.29, 1.82) is 0 Å². The molecule has 3 aromatic carbocycles. The Balaban J connectivity index is 1.84. The highest BCUT2D eigenvalue weighted by Gasteiger charge is 2.28. The zero-order valence-corrected chi connectivity index (χ0v) is 15.6. The summed E-state index contributed by atoms with van der Waals surface area (Å²) in [6.45, 7) is 4.09. The zero-order valence-electron chi connectivity index (χ0n) is 15.6. The molecule has 0 radical (unpaired) electrons. The molecule has 0 amide bonds. The number of fused-ring (bicyclic) bond motifs is 2. The van der Waals surface area contributed by atoms with E-state index in [0.29, 0.717) is 16.6 Å². The average Bonchev–Trinajstić information content (AvgIpc) is 2.69. The number of H-pyrrole nitrogens is 1. The topological polar surface area (TPSA) is 62.0 Å². The van der Waals surface area contributed by atoms with Crippen LogP contribution >= 0.6 is 0 Å². The van der Waals surface area contributed by atoms with Gasteiger partial charge in [0.15, 0.2) is 5.78 Å². The van der Waals surface area contributed by atoms with E-state index in [1.807, 2.05) is 68.4 Å². The van der Waals surface area contributed by atoms with Crippen LogP contribution < -0.4 is 10.9 Å². The summed E-state index contributed by atoms with van der Waals surface area (Å²) in [5.41, 5.74) is 7.29. The molecule has 0 fully saturated rings. The first-order chi connectivity index (χ1) is 13.5. The van der Waals surface area contributed by atoms with Crippen LogP contribution in [-0.4, -0.2) is 10.8 Å². The third kappa shape index (κ3) is 2.31. The van der Waals surface area contributed by atoms with Gasteiger partial charge in [0.1, 0.15) is 0 Å². The van der Waals surface area contributed by atoms with E-state index in [1.165, 1.54) is 0 Å². The molecular formula is C24H18N2O2. The highest BCUT2D eigenvalue weighted by atomic mass is 16.1. The van der Waals surface area contributed by atoms with Gasteiger partial charge in [-0.15, -0.1) is 0 Å². The number of ketones is 1. The molecule has 1 heterocycles. The molecule has 136 valence electrons. The van der Waals surface area contributed by atoms with Crippen LogP contribution in [0.3, 0.4) is 0 Å². The van der Waals surface area contributed by atoms with E-state index in [1.54, 1.807) is 6.07 Å². The van der Waals surface area contributed by atoms with Gasteiger partial charge in [-0.25, -0.2) is 0 Å². The summed E-state index contributed by atoms with van der Waals surface area (Å²) in [6, 6.07) is 18.9. The van der Waals surface area contributed by atoms with Crippen molar-refractivity contribution in [3.8, 4) is 11.1 Å². The van der Waals surface area contributed by atoms with Gasteiger partial charge in [0.2, 0.25) is 5.56 Å². The average molecular weight is 366 g/mol. The van der Waals surface area contributed by atoms with E-state index >= 15 is 0 Å². The maximum Gasteiger partial charge on any atom is 0.249 e. The van der Waals surface area contributed by atoms with Gasteiger partial charge in [-0.05, 0) is 48.2 Å². The van der Waals surface area contributed by atoms with Crippen LogP contribution in [0.4, 0.5) is 11.4 Å². The largest absolute Gasteiger partial charge is 0.354 e. The Morgan fingerprint density at radius 1 is 0.786 bits per heavy atom. The number of carbonyl (C=O) groups is 1. The number of carbonyl (C=O) groups excluding carboxylic acids is 1. The minimum absolute atomic E-state index is 0.0329. The van der Waals surface area contributed by atoms with Crippen molar-refractivity contribution < 1.29 is 4.79 Å². The minimum atomic E-state index is -0.173. The van der Waals surface area contributed by atoms with Gasteiger partial charge < -0.3 is 10.3 Å². The predicted octanol–water partition coefficient (Wildman–Crippen LogP) is 5.10. The number of aryl methyl sites for hydroxylation is 2. The van der Waals surface area contributed by atoms with Gasteiger partial charge in [0, 0.05) is 28.2 Å². The molecule has 1 aliphatic rings. The van der Waals surface area contributed by atoms with E-state index in [0.717, 1.165) is 39.0 Å². The third-order valence-electron chi connectivity index (χ3n) is 5.44. The lowest BCUT2D eigenvalue weighted by molar-refractivity contribution is 0.104. The Morgan fingerprint density at radius 2 is 1.50 bits per heavy atom. The van der Waals surface area contributed by atoms with Gasteiger partial charge in [-0.2, -0.15) is 0 Å². The van der Waals surface area contributed by atoms with Gasteiger partial charge in [0.05, 0.1) is 11.3 Å². The standard InChI is InChI=1S/C24H18N2O2/c1-13-6-5-7-14(2)23(13)26-19-11-10-18-21-17(12-20(27)25-18)15-8-3-4-9-16(15)24(28)22(19)21/h3-12,26H,1-2H3,(H,25,27). The fraction of sp³-hybridized carbons (Fsp3) is 0.0833. The number of aromatic amines is 1. The smallest absolute Gasteiger partial charge is 0.249 e. The number of anilines is 2. The minimum Gasteiger partial charge on any atom is -0.354 e. The van der Waals surface area contributed by atoms with Crippen molar-refractivity contribution in [1.82, 2.24) is 4.98 Å². The number of pyridine rings is 1. The molecule has 1 aliphatic carbocycles. The number of rotatable bonds is 2. The second-order valence-electron chi connectivity index (χ2n) is 7.22. The first-order valence-corrected chi connectivity index (χ1v) is 9.22. The van der Waals surface area contributed by atoms with Gasteiger partial charge in [0.25, 0.3) is 0 Å².